The highest BCUT2D eigenvalue weighted by Gasteiger charge is 2.15. The van der Waals surface area contributed by atoms with Gasteiger partial charge in [0.25, 0.3) is 5.91 Å². The number of hydrogen-bond donors (Lipinski definition) is 1. The number of ether oxygens (including phenoxy) is 1. The highest BCUT2D eigenvalue weighted by atomic mass is 16.5. The van der Waals surface area contributed by atoms with Crippen molar-refractivity contribution in [2.24, 2.45) is 0 Å². The predicted molar refractivity (Wildman–Crippen MR) is 81.6 cm³/mol. The Hall–Kier alpha value is -2.62. The first-order valence-corrected chi connectivity index (χ1v) is 6.70. The van der Waals surface area contributed by atoms with E-state index in [0.29, 0.717) is 11.3 Å². The maximum absolute atomic E-state index is 12.0. The number of amides is 1. The van der Waals surface area contributed by atoms with Gasteiger partial charge in [-0.2, -0.15) is 0 Å². The fourth-order valence-electron chi connectivity index (χ4n) is 1.81. The van der Waals surface area contributed by atoms with Crippen LogP contribution in [-0.4, -0.2) is 17.8 Å². The number of para-hydroxylation sites is 1. The molecule has 4 heteroatoms. The lowest BCUT2D eigenvalue weighted by atomic mass is 10.1. The molecule has 0 aromatic heterocycles. The average molecular weight is 283 g/mol. The summed E-state index contributed by atoms with van der Waals surface area (Å²) in [6.45, 7) is 3.16. The number of anilines is 1. The molecule has 0 aliphatic rings. The van der Waals surface area contributed by atoms with Crippen LogP contribution < -0.4 is 10.1 Å². The van der Waals surface area contributed by atoms with E-state index >= 15 is 0 Å². The van der Waals surface area contributed by atoms with Crippen molar-refractivity contribution in [2.75, 3.05) is 5.32 Å². The standard InChI is InChI=1S/C17H17NO3/c1-12(19)14-7-6-10-16(11-14)21-13(2)17(20)18-15-8-4-3-5-9-15/h3-11,13H,1-2H3,(H,18,20)/t13-/m1/s1. The van der Waals surface area contributed by atoms with Crippen LogP contribution >= 0.6 is 0 Å². The Morgan fingerprint density at radius 1 is 1.05 bits per heavy atom. The third-order valence-electron chi connectivity index (χ3n) is 2.96. The third-order valence-corrected chi connectivity index (χ3v) is 2.96. The molecule has 0 bridgehead atoms. The molecule has 108 valence electrons. The molecule has 0 spiro atoms. The maximum atomic E-state index is 12.0. The summed E-state index contributed by atoms with van der Waals surface area (Å²) in [5.74, 6) is 0.217. The van der Waals surface area contributed by atoms with Crippen LogP contribution in [0.4, 0.5) is 5.69 Å². The summed E-state index contributed by atoms with van der Waals surface area (Å²) in [4.78, 5) is 23.4. The Kier molecular flexibility index (Phi) is 4.72. The SMILES string of the molecule is CC(=O)c1cccc(O[C@H](C)C(=O)Nc2ccccc2)c1. The van der Waals surface area contributed by atoms with Crippen molar-refractivity contribution < 1.29 is 14.3 Å². The van der Waals surface area contributed by atoms with Gasteiger partial charge >= 0.3 is 0 Å². The zero-order chi connectivity index (χ0) is 15.2. The van der Waals surface area contributed by atoms with E-state index in [1.165, 1.54) is 6.92 Å². The lowest BCUT2D eigenvalue weighted by Crippen LogP contribution is -2.30. The maximum Gasteiger partial charge on any atom is 0.265 e. The van der Waals surface area contributed by atoms with Gasteiger partial charge in [-0.25, -0.2) is 0 Å². The molecule has 4 nitrogen and oxygen atoms in total. The van der Waals surface area contributed by atoms with E-state index in [1.807, 2.05) is 18.2 Å². The van der Waals surface area contributed by atoms with Crippen LogP contribution in [-0.2, 0) is 4.79 Å². The highest BCUT2D eigenvalue weighted by Crippen LogP contribution is 2.16. The molecule has 2 rings (SSSR count). The summed E-state index contributed by atoms with van der Waals surface area (Å²) >= 11 is 0. The smallest absolute Gasteiger partial charge is 0.265 e. The number of rotatable bonds is 5. The summed E-state index contributed by atoms with van der Waals surface area (Å²) in [5.41, 5.74) is 1.28. The van der Waals surface area contributed by atoms with Gasteiger partial charge in [0.05, 0.1) is 0 Å². The van der Waals surface area contributed by atoms with Crippen molar-refractivity contribution in [3.63, 3.8) is 0 Å². The van der Waals surface area contributed by atoms with Gasteiger partial charge in [0.1, 0.15) is 5.75 Å². The molecule has 0 fully saturated rings. The van der Waals surface area contributed by atoms with E-state index in [4.69, 9.17) is 4.74 Å². The first-order chi connectivity index (χ1) is 10.1. The van der Waals surface area contributed by atoms with Gasteiger partial charge in [0.15, 0.2) is 11.9 Å². The first-order valence-electron chi connectivity index (χ1n) is 6.70. The van der Waals surface area contributed by atoms with E-state index in [-0.39, 0.29) is 11.7 Å². The number of Topliss-reactive ketones (excluding diaryl/α,β-unsaturated/α-hetero) is 1. The molecule has 0 saturated carbocycles. The van der Waals surface area contributed by atoms with Crippen molar-refractivity contribution in [1.29, 1.82) is 0 Å². The Morgan fingerprint density at radius 2 is 1.76 bits per heavy atom. The molecule has 0 aliphatic heterocycles. The summed E-state index contributed by atoms with van der Waals surface area (Å²) < 4.78 is 5.57. The number of carbonyl (C=O) groups is 2. The lowest BCUT2D eigenvalue weighted by Gasteiger charge is -2.15. The van der Waals surface area contributed by atoms with E-state index in [2.05, 4.69) is 5.32 Å². The highest BCUT2D eigenvalue weighted by molar-refractivity contribution is 5.95. The first kappa shape index (κ1) is 14.8. The number of benzene rings is 2. The lowest BCUT2D eigenvalue weighted by molar-refractivity contribution is -0.122. The third kappa shape index (κ3) is 4.18. The largest absolute Gasteiger partial charge is 0.481 e. The van der Waals surface area contributed by atoms with Gasteiger partial charge in [-0.1, -0.05) is 30.3 Å². The number of carbonyl (C=O) groups excluding carboxylic acids is 2. The topological polar surface area (TPSA) is 55.4 Å². The predicted octanol–water partition coefficient (Wildman–Crippen LogP) is 3.30. The van der Waals surface area contributed by atoms with Crippen LogP contribution in [0.15, 0.2) is 54.6 Å². The summed E-state index contributed by atoms with van der Waals surface area (Å²) in [7, 11) is 0. The molecule has 0 aliphatic carbocycles. The molecule has 1 atom stereocenters. The van der Waals surface area contributed by atoms with Gasteiger partial charge in [0, 0.05) is 11.3 Å². The minimum atomic E-state index is -0.660. The fraction of sp³-hybridized carbons (Fsp3) is 0.176. The summed E-state index contributed by atoms with van der Waals surface area (Å²) in [6, 6.07) is 16.0. The van der Waals surface area contributed by atoms with Crippen LogP contribution in [0.1, 0.15) is 24.2 Å². The molecule has 2 aromatic carbocycles. The zero-order valence-corrected chi connectivity index (χ0v) is 12.0. The Labute approximate surface area is 123 Å². The van der Waals surface area contributed by atoms with Gasteiger partial charge in [0.2, 0.25) is 0 Å². The summed E-state index contributed by atoms with van der Waals surface area (Å²) in [5, 5.41) is 2.77. The molecule has 2 aromatic rings. The van der Waals surface area contributed by atoms with E-state index in [0.717, 1.165) is 5.69 Å². The molecule has 1 N–H and O–H groups in total. The molecular weight excluding hydrogens is 266 g/mol. The Balaban J connectivity index is 2.00. The van der Waals surface area contributed by atoms with Gasteiger partial charge in [-0.15, -0.1) is 0 Å². The Morgan fingerprint density at radius 3 is 2.43 bits per heavy atom. The fourth-order valence-corrected chi connectivity index (χ4v) is 1.81. The molecule has 0 radical (unpaired) electrons. The van der Waals surface area contributed by atoms with Crippen LogP contribution in [0, 0.1) is 0 Å². The van der Waals surface area contributed by atoms with Gasteiger partial charge in [-0.05, 0) is 38.1 Å². The molecule has 0 unspecified atom stereocenters. The van der Waals surface area contributed by atoms with E-state index in [9.17, 15) is 9.59 Å². The van der Waals surface area contributed by atoms with Crippen molar-refractivity contribution in [3.05, 3.63) is 60.2 Å². The zero-order valence-electron chi connectivity index (χ0n) is 12.0. The minimum absolute atomic E-state index is 0.0400. The minimum Gasteiger partial charge on any atom is -0.481 e. The van der Waals surface area contributed by atoms with Crippen molar-refractivity contribution in [3.8, 4) is 5.75 Å². The van der Waals surface area contributed by atoms with Crippen LogP contribution in [0.3, 0.4) is 0 Å². The normalized spacial score (nSPS) is 11.5. The Bertz CT molecular complexity index is 637. The van der Waals surface area contributed by atoms with Crippen LogP contribution in [0.5, 0.6) is 5.75 Å². The second kappa shape index (κ2) is 6.70. The second-order valence-corrected chi connectivity index (χ2v) is 4.70. The second-order valence-electron chi connectivity index (χ2n) is 4.70. The number of nitrogens with one attached hydrogen (secondary N) is 1. The van der Waals surface area contributed by atoms with E-state index in [1.54, 1.807) is 43.3 Å². The monoisotopic (exact) mass is 283 g/mol. The molecule has 0 heterocycles. The van der Waals surface area contributed by atoms with Crippen molar-refractivity contribution in [2.45, 2.75) is 20.0 Å². The quantitative estimate of drug-likeness (QED) is 0.857. The van der Waals surface area contributed by atoms with E-state index < -0.39 is 6.10 Å². The van der Waals surface area contributed by atoms with Gasteiger partial charge < -0.3 is 10.1 Å². The van der Waals surface area contributed by atoms with Gasteiger partial charge in [-0.3, -0.25) is 9.59 Å². The average Bonchev–Trinajstić information content (AvgIpc) is 2.48. The van der Waals surface area contributed by atoms with Crippen molar-refractivity contribution >= 4 is 17.4 Å². The van der Waals surface area contributed by atoms with Crippen LogP contribution in [0.2, 0.25) is 0 Å². The molecule has 21 heavy (non-hydrogen) atoms. The van der Waals surface area contributed by atoms with Crippen LogP contribution in [0.25, 0.3) is 0 Å². The number of hydrogen-bond acceptors (Lipinski definition) is 3. The molecular formula is C17H17NO3. The van der Waals surface area contributed by atoms with Crippen molar-refractivity contribution in [1.82, 2.24) is 0 Å². The molecule has 1 amide bonds. The number of ketones is 1. The summed E-state index contributed by atoms with van der Waals surface area (Å²) in [6.07, 6.45) is -0.660. The molecule has 0 saturated heterocycles.